The second-order valence-electron chi connectivity index (χ2n) is 6.87. The Morgan fingerprint density at radius 2 is 1.89 bits per heavy atom. The molecule has 1 amide bonds. The van der Waals surface area contributed by atoms with E-state index in [1.54, 1.807) is 7.11 Å². The van der Waals surface area contributed by atoms with E-state index < -0.39 is 0 Å². The van der Waals surface area contributed by atoms with Crippen LogP contribution in [-0.4, -0.2) is 48.8 Å². The Balaban J connectivity index is 1.69. The van der Waals surface area contributed by atoms with Crippen LogP contribution in [0, 0.1) is 0 Å². The SMILES string of the molecule is CCOc1ccc(CN2CCN(c3ccc(OC)cc3)C(=O)[C@H]2C)cc1CO. The van der Waals surface area contributed by atoms with E-state index in [0.29, 0.717) is 25.4 Å². The van der Waals surface area contributed by atoms with E-state index in [1.165, 1.54) is 0 Å². The quantitative estimate of drug-likeness (QED) is 0.795. The molecule has 0 unspecified atom stereocenters. The van der Waals surface area contributed by atoms with Crippen molar-refractivity contribution in [3.8, 4) is 11.5 Å². The minimum absolute atomic E-state index is 0.0666. The summed E-state index contributed by atoms with van der Waals surface area (Å²) in [4.78, 5) is 16.9. The van der Waals surface area contributed by atoms with Gasteiger partial charge in [-0.05, 0) is 55.8 Å². The molecule has 1 N–H and O–H groups in total. The topological polar surface area (TPSA) is 62.2 Å². The first-order valence-electron chi connectivity index (χ1n) is 9.62. The first-order chi connectivity index (χ1) is 13.6. The number of anilines is 1. The van der Waals surface area contributed by atoms with Gasteiger partial charge < -0.3 is 19.5 Å². The van der Waals surface area contributed by atoms with Gasteiger partial charge in [-0.25, -0.2) is 0 Å². The number of nitrogens with zero attached hydrogens (tertiary/aromatic N) is 2. The summed E-state index contributed by atoms with van der Waals surface area (Å²) in [6.45, 7) is 6.43. The number of carbonyl (C=O) groups excluding carboxylic acids is 1. The van der Waals surface area contributed by atoms with E-state index in [2.05, 4.69) is 4.90 Å². The molecule has 1 atom stereocenters. The van der Waals surface area contributed by atoms with Gasteiger partial charge in [-0.2, -0.15) is 0 Å². The van der Waals surface area contributed by atoms with Gasteiger partial charge in [0.2, 0.25) is 5.91 Å². The van der Waals surface area contributed by atoms with Crippen LogP contribution in [0.3, 0.4) is 0 Å². The zero-order valence-electron chi connectivity index (χ0n) is 16.7. The Bertz CT molecular complexity index is 807. The Morgan fingerprint density at radius 3 is 2.54 bits per heavy atom. The third-order valence-corrected chi connectivity index (χ3v) is 5.15. The fourth-order valence-electron chi connectivity index (χ4n) is 3.53. The Morgan fingerprint density at radius 1 is 1.14 bits per heavy atom. The fourth-order valence-corrected chi connectivity index (χ4v) is 3.53. The number of hydrogen-bond donors (Lipinski definition) is 1. The molecule has 0 aromatic heterocycles. The maximum absolute atomic E-state index is 12.9. The number of ether oxygens (including phenoxy) is 2. The molecule has 0 saturated carbocycles. The third kappa shape index (κ3) is 4.29. The molecule has 0 radical (unpaired) electrons. The van der Waals surface area contributed by atoms with Gasteiger partial charge in [0.1, 0.15) is 11.5 Å². The highest BCUT2D eigenvalue weighted by molar-refractivity contribution is 5.97. The highest BCUT2D eigenvalue weighted by atomic mass is 16.5. The first-order valence-corrected chi connectivity index (χ1v) is 9.62. The summed E-state index contributed by atoms with van der Waals surface area (Å²) in [5.74, 6) is 1.57. The summed E-state index contributed by atoms with van der Waals surface area (Å²) >= 11 is 0. The number of piperazine rings is 1. The molecule has 1 heterocycles. The summed E-state index contributed by atoms with van der Waals surface area (Å²) in [5, 5.41) is 9.60. The number of methoxy groups -OCH3 is 1. The summed E-state index contributed by atoms with van der Waals surface area (Å²) in [6.07, 6.45) is 0. The second-order valence-corrected chi connectivity index (χ2v) is 6.87. The second kappa shape index (κ2) is 9.08. The first kappa shape index (κ1) is 20.2. The summed E-state index contributed by atoms with van der Waals surface area (Å²) in [7, 11) is 1.63. The highest BCUT2D eigenvalue weighted by Crippen LogP contribution is 2.25. The molecule has 1 fully saturated rings. The maximum Gasteiger partial charge on any atom is 0.244 e. The van der Waals surface area contributed by atoms with Gasteiger partial charge in [-0.3, -0.25) is 9.69 Å². The zero-order chi connectivity index (χ0) is 20.1. The monoisotopic (exact) mass is 384 g/mol. The molecule has 0 aliphatic carbocycles. The number of benzene rings is 2. The number of amides is 1. The Labute approximate surface area is 166 Å². The third-order valence-electron chi connectivity index (χ3n) is 5.15. The lowest BCUT2D eigenvalue weighted by atomic mass is 10.1. The van der Waals surface area contributed by atoms with Crippen molar-refractivity contribution < 1.29 is 19.4 Å². The molecule has 1 saturated heterocycles. The predicted molar refractivity (Wildman–Crippen MR) is 109 cm³/mol. The predicted octanol–water partition coefficient (Wildman–Crippen LogP) is 2.82. The molecule has 2 aromatic carbocycles. The molecular formula is C22H28N2O4. The van der Waals surface area contributed by atoms with Gasteiger partial charge >= 0.3 is 0 Å². The van der Waals surface area contributed by atoms with Crippen LogP contribution in [0.15, 0.2) is 42.5 Å². The van der Waals surface area contributed by atoms with E-state index in [9.17, 15) is 9.90 Å². The average molecular weight is 384 g/mol. The van der Waals surface area contributed by atoms with Crippen molar-refractivity contribution in [3.05, 3.63) is 53.6 Å². The minimum atomic E-state index is -0.222. The van der Waals surface area contributed by atoms with Crippen molar-refractivity contribution in [1.82, 2.24) is 4.90 Å². The zero-order valence-corrected chi connectivity index (χ0v) is 16.7. The van der Waals surface area contributed by atoms with Crippen molar-refractivity contribution in [2.24, 2.45) is 0 Å². The van der Waals surface area contributed by atoms with Crippen molar-refractivity contribution in [3.63, 3.8) is 0 Å². The normalized spacial score (nSPS) is 17.6. The van der Waals surface area contributed by atoms with Crippen molar-refractivity contribution in [1.29, 1.82) is 0 Å². The number of aliphatic hydroxyl groups excluding tert-OH is 1. The molecule has 1 aliphatic rings. The lowest BCUT2D eigenvalue weighted by molar-refractivity contribution is -0.125. The number of aliphatic hydroxyl groups is 1. The smallest absolute Gasteiger partial charge is 0.244 e. The Kier molecular flexibility index (Phi) is 6.54. The van der Waals surface area contributed by atoms with E-state index in [4.69, 9.17) is 9.47 Å². The number of carbonyl (C=O) groups is 1. The molecule has 6 heteroatoms. The lowest BCUT2D eigenvalue weighted by Gasteiger charge is -2.39. The maximum atomic E-state index is 12.9. The van der Waals surface area contributed by atoms with Gasteiger partial charge in [-0.15, -0.1) is 0 Å². The van der Waals surface area contributed by atoms with Crippen LogP contribution >= 0.6 is 0 Å². The standard InChI is InChI=1S/C22H28N2O4/c1-4-28-21-10-5-17(13-18(21)15-25)14-23-11-12-24(22(26)16(23)2)19-6-8-20(27-3)9-7-19/h5-10,13,16,25H,4,11-12,14-15H2,1-3H3/t16-/m1/s1. The molecule has 0 bridgehead atoms. The molecule has 3 rings (SSSR count). The van der Waals surface area contributed by atoms with Crippen LogP contribution in [-0.2, 0) is 17.9 Å². The van der Waals surface area contributed by atoms with Crippen LogP contribution in [0.2, 0.25) is 0 Å². The summed E-state index contributed by atoms with van der Waals surface area (Å²) in [6, 6.07) is 13.2. The van der Waals surface area contributed by atoms with Crippen LogP contribution in [0.5, 0.6) is 11.5 Å². The molecule has 1 aliphatic heterocycles. The molecule has 28 heavy (non-hydrogen) atoms. The van der Waals surface area contributed by atoms with Crippen molar-refractivity contribution >= 4 is 11.6 Å². The van der Waals surface area contributed by atoms with Crippen LogP contribution in [0.4, 0.5) is 5.69 Å². The van der Waals surface area contributed by atoms with E-state index >= 15 is 0 Å². The molecule has 2 aromatic rings. The number of rotatable bonds is 7. The van der Waals surface area contributed by atoms with E-state index in [1.807, 2.05) is 61.2 Å². The van der Waals surface area contributed by atoms with Crippen LogP contribution in [0.1, 0.15) is 25.0 Å². The largest absolute Gasteiger partial charge is 0.497 e. The van der Waals surface area contributed by atoms with E-state index in [0.717, 1.165) is 29.1 Å². The van der Waals surface area contributed by atoms with Crippen LogP contribution in [0.25, 0.3) is 0 Å². The average Bonchev–Trinajstić information content (AvgIpc) is 2.73. The molecular weight excluding hydrogens is 356 g/mol. The summed E-state index contributed by atoms with van der Waals surface area (Å²) < 4.78 is 10.7. The van der Waals surface area contributed by atoms with Gasteiger partial charge in [0.05, 0.1) is 26.4 Å². The highest BCUT2D eigenvalue weighted by Gasteiger charge is 2.32. The van der Waals surface area contributed by atoms with Crippen molar-refractivity contribution in [2.75, 3.05) is 31.7 Å². The minimum Gasteiger partial charge on any atom is -0.497 e. The molecule has 6 nitrogen and oxygen atoms in total. The van der Waals surface area contributed by atoms with Gasteiger partial charge in [0.15, 0.2) is 0 Å². The van der Waals surface area contributed by atoms with Crippen LogP contribution < -0.4 is 14.4 Å². The fraction of sp³-hybridized carbons (Fsp3) is 0.409. The Hall–Kier alpha value is -2.57. The van der Waals surface area contributed by atoms with Gasteiger partial charge in [0, 0.05) is 30.9 Å². The summed E-state index contributed by atoms with van der Waals surface area (Å²) in [5.41, 5.74) is 2.72. The lowest BCUT2D eigenvalue weighted by Crippen LogP contribution is -2.55. The van der Waals surface area contributed by atoms with Crippen molar-refractivity contribution in [2.45, 2.75) is 33.0 Å². The van der Waals surface area contributed by atoms with Gasteiger partial charge in [0.25, 0.3) is 0 Å². The molecule has 0 spiro atoms. The van der Waals surface area contributed by atoms with E-state index in [-0.39, 0.29) is 18.6 Å². The molecule has 150 valence electrons. The van der Waals surface area contributed by atoms with Gasteiger partial charge in [-0.1, -0.05) is 6.07 Å². The number of hydrogen-bond acceptors (Lipinski definition) is 5.